The molecule has 0 aliphatic carbocycles. The lowest BCUT2D eigenvalue weighted by Crippen LogP contribution is -2.41. The molecule has 30 heavy (non-hydrogen) atoms. The van der Waals surface area contributed by atoms with Crippen LogP contribution in [0.25, 0.3) is 0 Å². The van der Waals surface area contributed by atoms with Gasteiger partial charge in [-0.1, -0.05) is 26.0 Å². The zero-order valence-corrected chi connectivity index (χ0v) is 18.6. The van der Waals surface area contributed by atoms with E-state index in [0.717, 1.165) is 25.2 Å². The standard InChI is InChI=1S/C24H34FN3O2/c1-18(2)12-28(24(29)17-30-4)14-20-13-27(15-22-9-6-10-26(22)3)16-23(20)19-7-5-8-21(25)11-19/h5-11,18,20,23H,12-17H2,1-4H3/t20-,23-/m1/s1. The van der Waals surface area contributed by atoms with E-state index in [4.69, 9.17) is 4.74 Å². The Kier molecular flexibility index (Phi) is 7.67. The third-order valence-electron chi connectivity index (χ3n) is 5.89. The summed E-state index contributed by atoms with van der Waals surface area (Å²) < 4.78 is 21.2. The summed E-state index contributed by atoms with van der Waals surface area (Å²) in [5.74, 6) is 0.614. The largest absolute Gasteiger partial charge is 0.375 e. The number of halogens is 1. The molecule has 2 atom stereocenters. The van der Waals surface area contributed by atoms with Gasteiger partial charge in [-0.05, 0) is 41.7 Å². The van der Waals surface area contributed by atoms with E-state index in [1.807, 2.05) is 11.0 Å². The second-order valence-electron chi connectivity index (χ2n) is 8.85. The highest BCUT2D eigenvalue weighted by Crippen LogP contribution is 2.34. The van der Waals surface area contributed by atoms with Crippen LogP contribution in [-0.2, 0) is 23.1 Å². The zero-order chi connectivity index (χ0) is 21.7. The average Bonchev–Trinajstić information content (AvgIpc) is 3.27. The first-order valence-corrected chi connectivity index (χ1v) is 10.7. The summed E-state index contributed by atoms with van der Waals surface area (Å²) in [6.45, 7) is 8.27. The minimum atomic E-state index is -0.207. The number of benzene rings is 1. The maximum absolute atomic E-state index is 14.0. The molecule has 3 rings (SSSR count). The minimum absolute atomic E-state index is 0.0186. The fraction of sp³-hybridized carbons (Fsp3) is 0.542. The molecule has 2 aromatic rings. The Labute approximate surface area is 179 Å². The molecule has 6 heteroatoms. The third kappa shape index (κ3) is 5.70. The number of nitrogens with zero attached hydrogens (tertiary/aromatic N) is 3. The monoisotopic (exact) mass is 415 g/mol. The smallest absolute Gasteiger partial charge is 0.248 e. The molecule has 0 unspecified atom stereocenters. The minimum Gasteiger partial charge on any atom is -0.375 e. The highest BCUT2D eigenvalue weighted by Gasteiger charge is 2.36. The van der Waals surface area contributed by atoms with Gasteiger partial charge in [0.25, 0.3) is 0 Å². The van der Waals surface area contributed by atoms with Crippen molar-refractivity contribution >= 4 is 5.91 Å². The van der Waals surface area contributed by atoms with Crippen molar-refractivity contribution in [2.24, 2.45) is 18.9 Å². The number of aryl methyl sites for hydroxylation is 1. The summed E-state index contributed by atoms with van der Waals surface area (Å²) in [7, 11) is 3.61. The van der Waals surface area contributed by atoms with E-state index in [2.05, 4.69) is 48.7 Å². The topological polar surface area (TPSA) is 37.7 Å². The van der Waals surface area contributed by atoms with Crippen molar-refractivity contribution in [1.29, 1.82) is 0 Å². The van der Waals surface area contributed by atoms with Crippen LogP contribution in [0.1, 0.15) is 31.0 Å². The van der Waals surface area contributed by atoms with Crippen LogP contribution in [0.3, 0.4) is 0 Å². The van der Waals surface area contributed by atoms with Gasteiger partial charge in [0, 0.05) is 64.7 Å². The fourth-order valence-corrected chi connectivity index (χ4v) is 4.50. The van der Waals surface area contributed by atoms with E-state index < -0.39 is 0 Å². The van der Waals surface area contributed by atoms with Crippen molar-refractivity contribution in [3.63, 3.8) is 0 Å². The first-order chi connectivity index (χ1) is 14.4. The van der Waals surface area contributed by atoms with Gasteiger partial charge in [0.15, 0.2) is 0 Å². The van der Waals surface area contributed by atoms with Crippen LogP contribution in [0, 0.1) is 17.7 Å². The fourth-order valence-electron chi connectivity index (χ4n) is 4.50. The maximum Gasteiger partial charge on any atom is 0.248 e. The number of methoxy groups -OCH3 is 1. The van der Waals surface area contributed by atoms with Crippen LogP contribution >= 0.6 is 0 Å². The van der Waals surface area contributed by atoms with Crippen LogP contribution in [0.2, 0.25) is 0 Å². The Morgan fingerprint density at radius 1 is 1.27 bits per heavy atom. The number of hydrogen-bond acceptors (Lipinski definition) is 3. The Balaban J connectivity index is 1.81. The van der Waals surface area contributed by atoms with E-state index in [-0.39, 0.29) is 30.2 Å². The van der Waals surface area contributed by atoms with Crippen LogP contribution < -0.4 is 0 Å². The summed E-state index contributed by atoms with van der Waals surface area (Å²) in [6.07, 6.45) is 2.06. The lowest BCUT2D eigenvalue weighted by molar-refractivity contribution is -0.136. The van der Waals surface area contributed by atoms with E-state index in [1.165, 1.54) is 11.8 Å². The van der Waals surface area contributed by atoms with E-state index in [1.54, 1.807) is 19.2 Å². The van der Waals surface area contributed by atoms with Crippen molar-refractivity contribution in [3.8, 4) is 0 Å². The summed E-state index contributed by atoms with van der Waals surface area (Å²) in [6, 6.07) is 11.1. The molecule has 2 heterocycles. The Hall–Kier alpha value is -2.18. The van der Waals surface area contributed by atoms with Gasteiger partial charge >= 0.3 is 0 Å². The van der Waals surface area contributed by atoms with Crippen molar-refractivity contribution in [2.45, 2.75) is 26.3 Å². The van der Waals surface area contributed by atoms with Crippen LogP contribution in [-0.4, -0.2) is 60.2 Å². The first-order valence-electron chi connectivity index (χ1n) is 10.7. The van der Waals surface area contributed by atoms with E-state index in [9.17, 15) is 9.18 Å². The molecule has 0 radical (unpaired) electrons. The van der Waals surface area contributed by atoms with Gasteiger partial charge in [0.1, 0.15) is 12.4 Å². The molecular weight excluding hydrogens is 381 g/mol. The van der Waals surface area contributed by atoms with Crippen molar-refractivity contribution in [1.82, 2.24) is 14.4 Å². The number of carbonyl (C=O) groups excluding carboxylic acids is 1. The molecule has 164 valence electrons. The summed E-state index contributed by atoms with van der Waals surface area (Å²) >= 11 is 0. The van der Waals surface area contributed by atoms with Gasteiger partial charge in [0.2, 0.25) is 5.91 Å². The molecule has 0 bridgehead atoms. The SMILES string of the molecule is COCC(=O)N(CC(C)C)C[C@H]1CN(Cc2cccn2C)C[C@@H]1c1cccc(F)c1. The van der Waals surface area contributed by atoms with Gasteiger partial charge in [0.05, 0.1) is 0 Å². The molecule has 1 fully saturated rings. The third-order valence-corrected chi connectivity index (χ3v) is 5.89. The number of aromatic nitrogens is 1. The molecule has 0 saturated carbocycles. The highest BCUT2D eigenvalue weighted by molar-refractivity contribution is 5.77. The molecule has 0 spiro atoms. The maximum atomic E-state index is 14.0. The first kappa shape index (κ1) is 22.5. The lowest BCUT2D eigenvalue weighted by Gasteiger charge is -2.30. The number of hydrogen-bond donors (Lipinski definition) is 0. The van der Waals surface area contributed by atoms with Crippen LogP contribution in [0.15, 0.2) is 42.6 Å². The number of carbonyl (C=O) groups is 1. The van der Waals surface area contributed by atoms with Gasteiger partial charge < -0.3 is 14.2 Å². The molecule has 1 aliphatic rings. The quantitative estimate of drug-likeness (QED) is 0.629. The predicted molar refractivity (Wildman–Crippen MR) is 117 cm³/mol. The van der Waals surface area contributed by atoms with Gasteiger partial charge in [-0.25, -0.2) is 4.39 Å². The number of rotatable bonds is 9. The van der Waals surface area contributed by atoms with Gasteiger partial charge in [-0.2, -0.15) is 0 Å². The summed E-state index contributed by atoms with van der Waals surface area (Å²) in [5, 5.41) is 0. The van der Waals surface area contributed by atoms with Gasteiger partial charge in [-0.15, -0.1) is 0 Å². The molecule has 1 amide bonds. The second-order valence-corrected chi connectivity index (χ2v) is 8.85. The number of likely N-dealkylation sites (tertiary alicyclic amines) is 1. The molecule has 1 aromatic heterocycles. The van der Waals surface area contributed by atoms with E-state index in [0.29, 0.717) is 19.0 Å². The Morgan fingerprint density at radius 2 is 2.07 bits per heavy atom. The highest BCUT2D eigenvalue weighted by atomic mass is 19.1. The average molecular weight is 416 g/mol. The van der Waals surface area contributed by atoms with Crippen molar-refractivity contribution in [2.75, 3.05) is 39.9 Å². The molecule has 1 aromatic carbocycles. The van der Waals surface area contributed by atoms with Crippen molar-refractivity contribution in [3.05, 3.63) is 59.7 Å². The molecule has 0 N–H and O–H groups in total. The lowest BCUT2D eigenvalue weighted by atomic mass is 9.88. The second kappa shape index (κ2) is 10.2. The molecule has 1 saturated heterocycles. The zero-order valence-electron chi connectivity index (χ0n) is 18.6. The Bertz CT molecular complexity index is 835. The van der Waals surface area contributed by atoms with Crippen LogP contribution in [0.5, 0.6) is 0 Å². The van der Waals surface area contributed by atoms with E-state index >= 15 is 0 Å². The molecular formula is C24H34FN3O2. The number of amides is 1. The Morgan fingerprint density at radius 3 is 2.70 bits per heavy atom. The number of ether oxygens (including phenoxy) is 1. The van der Waals surface area contributed by atoms with Crippen LogP contribution in [0.4, 0.5) is 4.39 Å². The normalized spacial score (nSPS) is 19.5. The summed E-state index contributed by atoms with van der Waals surface area (Å²) in [5.41, 5.74) is 2.27. The molecule has 1 aliphatic heterocycles. The van der Waals surface area contributed by atoms with Crippen molar-refractivity contribution < 1.29 is 13.9 Å². The summed E-state index contributed by atoms with van der Waals surface area (Å²) in [4.78, 5) is 17.0. The molecule has 5 nitrogen and oxygen atoms in total. The predicted octanol–water partition coefficient (Wildman–Crippen LogP) is 3.51. The van der Waals surface area contributed by atoms with Gasteiger partial charge in [-0.3, -0.25) is 9.69 Å².